The number of aromatic nitrogens is 4. The molecular weight excluding hydrogens is 239 g/mol. The molecule has 0 spiro atoms. The van der Waals surface area contributed by atoms with E-state index in [9.17, 15) is 4.39 Å². The smallest absolute Gasteiger partial charge is 0.209 e. The van der Waals surface area contributed by atoms with Crippen LogP contribution >= 0.6 is 11.8 Å². The van der Waals surface area contributed by atoms with Gasteiger partial charge in [-0.3, -0.25) is 0 Å². The van der Waals surface area contributed by atoms with Gasteiger partial charge in [-0.2, -0.15) is 0 Å². The molecule has 1 aromatic carbocycles. The molecule has 0 unspecified atom stereocenters. The van der Waals surface area contributed by atoms with E-state index >= 15 is 0 Å². The van der Waals surface area contributed by atoms with E-state index in [0.717, 1.165) is 23.6 Å². The first-order valence-electron chi connectivity index (χ1n) is 5.48. The first-order chi connectivity index (χ1) is 8.33. The maximum Gasteiger partial charge on any atom is 0.209 e. The molecule has 1 aliphatic carbocycles. The minimum Gasteiger partial charge on any atom is -0.217 e. The quantitative estimate of drug-likeness (QED) is 0.782. The molecule has 0 N–H and O–H groups in total. The van der Waals surface area contributed by atoms with Gasteiger partial charge in [-0.05, 0) is 41.0 Å². The summed E-state index contributed by atoms with van der Waals surface area (Å²) in [6, 6.07) is 7.08. The van der Waals surface area contributed by atoms with Crippen molar-refractivity contribution in [1.82, 2.24) is 20.2 Å². The van der Waals surface area contributed by atoms with Crippen molar-refractivity contribution in [3.8, 4) is 0 Å². The highest BCUT2D eigenvalue weighted by Crippen LogP contribution is 2.36. The monoisotopic (exact) mass is 250 g/mol. The molecule has 0 atom stereocenters. The van der Waals surface area contributed by atoms with E-state index in [0.29, 0.717) is 11.8 Å². The van der Waals surface area contributed by atoms with Gasteiger partial charge in [-0.15, -0.1) is 5.10 Å². The maximum atomic E-state index is 13.0. The Hall–Kier alpha value is -1.43. The fourth-order valence-electron chi connectivity index (χ4n) is 1.60. The molecule has 17 heavy (non-hydrogen) atoms. The minimum atomic E-state index is -0.204. The van der Waals surface area contributed by atoms with Crippen LogP contribution in [0.5, 0.6) is 0 Å². The highest BCUT2D eigenvalue weighted by atomic mass is 32.2. The van der Waals surface area contributed by atoms with Crippen LogP contribution in [0.4, 0.5) is 4.39 Å². The molecule has 1 aromatic heterocycles. The summed E-state index contributed by atoms with van der Waals surface area (Å²) in [6.45, 7) is 0. The number of thioether (sulfide) groups is 1. The largest absolute Gasteiger partial charge is 0.217 e. The lowest BCUT2D eigenvalue weighted by Crippen LogP contribution is -1.98. The zero-order valence-electron chi connectivity index (χ0n) is 9.08. The van der Waals surface area contributed by atoms with E-state index in [4.69, 9.17) is 0 Å². The van der Waals surface area contributed by atoms with Crippen molar-refractivity contribution >= 4 is 11.8 Å². The predicted molar refractivity (Wildman–Crippen MR) is 62.0 cm³/mol. The Morgan fingerprint density at radius 3 is 3.06 bits per heavy atom. The van der Waals surface area contributed by atoms with Crippen molar-refractivity contribution in [2.75, 3.05) is 0 Å². The Labute approximate surface area is 102 Å². The zero-order chi connectivity index (χ0) is 11.7. The predicted octanol–water partition coefficient (Wildman–Crippen LogP) is 2.44. The number of hydrogen-bond acceptors (Lipinski definition) is 4. The third-order valence-corrected chi connectivity index (χ3v) is 3.62. The summed E-state index contributed by atoms with van der Waals surface area (Å²) in [7, 11) is 0. The highest BCUT2D eigenvalue weighted by molar-refractivity contribution is 7.98. The summed E-state index contributed by atoms with van der Waals surface area (Å²) in [5.41, 5.74) is 0.945. The van der Waals surface area contributed by atoms with Gasteiger partial charge in [-0.25, -0.2) is 9.07 Å². The van der Waals surface area contributed by atoms with Crippen molar-refractivity contribution in [2.24, 2.45) is 0 Å². The van der Waals surface area contributed by atoms with Crippen LogP contribution in [0, 0.1) is 5.82 Å². The van der Waals surface area contributed by atoms with Crippen LogP contribution in [-0.4, -0.2) is 20.2 Å². The van der Waals surface area contributed by atoms with Crippen molar-refractivity contribution in [3.63, 3.8) is 0 Å². The second-order valence-corrected chi connectivity index (χ2v) is 5.00. The summed E-state index contributed by atoms with van der Waals surface area (Å²) in [5, 5.41) is 12.5. The van der Waals surface area contributed by atoms with Gasteiger partial charge in [0.2, 0.25) is 5.16 Å². The Kier molecular flexibility index (Phi) is 2.80. The minimum absolute atomic E-state index is 0.204. The SMILES string of the molecule is Fc1cccc(CSc2nnnn2C2CC2)c1. The van der Waals surface area contributed by atoms with Crippen LogP contribution in [0.1, 0.15) is 24.4 Å². The molecule has 0 radical (unpaired) electrons. The van der Waals surface area contributed by atoms with Crippen LogP contribution < -0.4 is 0 Å². The molecule has 1 fully saturated rings. The van der Waals surface area contributed by atoms with Gasteiger partial charge in [-0.1, -0.05) is 23.9 Å². The van der Waals surface area contributed by atoms with E-state index in [-0.39, 0.29) is 5.82 Å². The Balaban J connectivity index is 1.69. The van der Waals surface area contributed by atoms with E-state index in [2.05, 4.69) is 15.5 Å². The molecule has 88 valence electrons. The van der Waals surface area contributed by atoms with Gasteiger partial charge in [0, 0.05) is 5.75 Å². The molecule has 0 amide bonds. The summed E-state index contributed by atoms with van der Waals surface area (Å²) in [6.07, 6.45) is 2.30. The molecule has 1 aliphatic rings. The normalized spacial score (nSPS) is 15.1. The standard InChI is InChI=1S/C11H11FN4S/c12-9-3-1-2-8(6-9)7-17-11-13-14-15-16(11)10-4-5-10/h1-3,6,10H,4-5,7H2. The van der Waals surface area contributed by atoms with Crippen LogP contribution in [0.25, 0.3) is 0 Å². The summed E-state index contributed by atoms with van der Waals surface area (Å²) >= 11 is 1.54. The average molecular weight is 250 g/mol. The first kappa shape index (κ1) is 10.7. The van der Waals surface area contributed by atoms with Crippen LogP contribution in [0.15, 0.2) is 29.4 Å². The number of hydrogen-bond donors (Lipinski definition) is 0. The van der Waals surface area contributed by atoms with Crippen LogP contribution in [-0.2, 0) is 5.75 Å². The highest BCUT2D eigenvalue weighted by Gasteiger charge is 2.27. The lowest BCUT2D eigenvalue weighted by Gasteiger charge is -2.02. The van der Waals surface area contributed by atoms with E-state index in [1.54, 1.807) is 17.8 Å². The van der Waals surface area contributed by atoms with Gasteiger partial charge in [0.1, 0.15) is 5.82 Å². The average Bonchev–Trinajstić information content (AvgIpc) is 3.06. The van der Waals surface area contributed by atoms with E-state index in [1.807, 2.05) is 10.7 Å². The molecule has 1 heterocycles. The van der Waals surface area contributed by atoms with Gasteiger partial charge in [0.05, 0.1) is 6.04 Å². The summed E-state index contributed by atoms with van der Waals surface area (Å²) in [5.74, 6) is 0.482. The Bertz CT molecular complexity index is 524. The zero-order valence-corrected chi connectivity index (χ0v) is 9.90. The summed E-state index contributed by atoms with van der Waals surface area (Å²) in [4.78, 5) is 0. The van der Waals surface area contributed by atoms with E-state index < -0.39 is 0 Å². The van der Waals surface area contributed by atoms with Gasteiger partial charge >= 0.3 is 0 Å². The van der Waals surface area contributed by atoms with Crippen LogP contribution in [0.2, 0.25) is 0 Å². The molecule has 0 saturated heterocycles. The topological polar surface area (TPSA) is 43.6 Å². The fourth-order valence-corrected chi connectivity index (χ4v) is 2.49. The van der Waals surface area contributed by atoms with Crippen molar-refractivity contribution < 1.29 is 4.39 Å². The van der Waals surface area contributed by atoms with Crippen LogP contribution in [0.3, 0.4) is 0 Å². The Morgan fingerprint density at radius 2 is 2.29 bits per heavy atom. The molecule has 6 heteroatoms. The molecule has 3 rings (SSSR count). The van der Waals surface area contributed by atoms with Crippen molar-refractivity contribution in [1.29, 1.82) is 0 Å². The molecule has 2 aromatic rings. The van der Waals surface area contributed by atoms with Crippen molar-refractivity contribution in [2.45, 2.75) is 29.8 Å². The Morgan fingerprint density at radius 1 is 1.41 bits per heavy atom. The van der Waals surface area contributed by atoms with Gasteiger partial charge < -0.3 is 0 Å². The lowest BCUT2D eigenvalue weighted by molar-refractivity contribution is 0.565. The molecule has 4 nitrogen and oxygen atoms in total. The molecule has 0 bridgehead atoms. The van der Waals surface area contributed by atoms with Crippen molar-refractivity contribution in [3.05, 3.63) is 35.6 Å². The second kappa shape index (κ2) is 4.44. The first-order valence-corrected chi connectivity index (χ1v) is 6.46. The van der Waals surface area contributed by atoms with E-state index in [1.165, 1.54) is 12.1 Å². The molecular formula is C11H11FN4S. The number of nitrogens with zero attached hydrogens (tertiary/aromatic N) is 4. The summed E-state index contributed by atoms with van der Waals surface area (Å²) < 4.78 is 14.9. The lowest BCUT2D eigenvalue weighted by atomic mass is 10.2. The number of benzene rings is 1. The fraction of sp³-hybridized carbons (Fsp3) is 0.364. The number of halogens is 1. The second-order valence-electron chi connectivity index (χ2n) is 4.06. The maximum absolute atomic E-state index is 13.0. The van der Waals surface area contributed by atoms with Gasteiger partial charge in [0.15, 0.2) is 0 Å². The number of tetrazole rings is 1. The third-order valence-electron chi connectivity index (χ3n) is 2.61. The molecule has 0 aliphatic heterocycles. The van der Waals surface area contributed by atoms with Gasteiger partial charge in [0.25, 0.3) is 0 Å². The third kappa shape index (κ3) is 2.46. The molecule has 1 saturated carbocycles. The number of rotatable bonds is 4.